The van der Waals surface area contributed by atoms with Crippen LogP contribution in [0.3, 0.4) is 0 Å². The van der Waals surface area contributed by atoms with Gasteiger partial charge in [-0.05, 0) is 38.5 Å². The number of hydrogen-bond donors (Lipinski definition) is 0. The Morgan fingerprint density at radius 2 is 1.79 bits per heavy atom. The van der Waals surface area contributed by atoms with Crippen LogP contribution in [0.5, 0.6) is 0 Å². The van der Waals surface area contributed by atoms with Crippen LogP contribution >= 0.6 is 11.6 Å². The van der Waals surface area contributed by atoms with Crippen molar-refractivity contribution in [3.63, 3.8) is 0 Å². The summed E-state index contributed by atoms with van der Waals surface area (Å²) in [6.07, 6.45) is 0. The predicted octanol–water partition coefficient (Wildman–Crippen LogP) is 2.45. The van der Waals surface area contributed by atoms with E-state index in [0.717, 1.165) is 5.37 Å². The molecule has 0 fully saturated rings. The van der Waals surface area contributed by atoms with Gasteiger partial charge in [0.15, 0.2) is 0 Å². The lowest BCUT2D eigenvalue weighted by Crippen LogP contribution is -2.28. The molecule has 1 rings (SSSR count). The van der Waals surface area contributed by atoms with Gasteiger partial charge in [-0.25, -0.2) is 0 Å². The van der Waals surface area contributed by atoms with Gasteiger partial charge in [0.05, 0.1) is 5.37 Å². The predicted molar refractivity (Wildman–Crippen MR) is 75.0 cm³/mol. The number of carbonyl (C=O) groups excluding carboxylic acids is 1. The molecule has 4 nitrogen and oxygen atoms in total. The lowest BCUT2D eigenvalue weighted by molar-refractivity contribution is -0.154. The molecule has 0 aliphatic carbocycles. The standard InChI is InChI=1S/C13H15ClO4S/c1-13(2,3)18-12(15)11(8-19(16)17)9-4-6-10(14)7-5-9/h4-8,11H,1-3H3. The first-order valence-corrected chi connectivity index (χ1v) is 7.12. The Bertz CT molecular complexity index is 574. The average Bonchev–Trinajstić information content (AvgIpc) is 2.24. The van der Waals surface area contributed by atoms with Gasteiger partial charge in [0.1, 0.15) is 11.5 Å². The van der Waals surface area contributed by atoms with E-state index >= 15 is 0 Å². The smallest absolute Gasteiger partial charge is 0.318 e. The van der Waals surface area contributed by atoms with Crippen LogP contribution in [0.1, 0.15) is 32.3 Å². The second-order valence-electron chi connectivity index (χ2n) is 4.96. The molecule has 0 spiro atoms. The van der Waals surface area contributed by atoms with Gasteiger partial charge in [-0.3, -0.25) is 4.79 Å². The number of ether oxygens (including phenoxy) is 1. The SMILES string of the molecule is CC(C)(C)OC(=O)C(C=S(=O)=O)c1ccc(Cl)cc1. The largest absolute Gasteiger partial charge is 0.459 e. The van der Waals surface area contributed by atoms with Gasteiger partial charge in [-0.15, -0.1) is 0 Å². The molecule has 0 saturated heterocycles. The number of esters is 1. The van der Waals surface area contributed by atoms with E-state index in [0.29, 0.717) is 10.6 Å². The lowest BCUT2D eigenvalue weighted by Gasteiger charge is -2.22. The van der Waals surface area contributed by atoms with E-state index in [1.54, 1.807) is 45.0 Å². The molecule has 6 heteroatoms. The Hall–Kier alpha value is -1.33. The normalized spacial score (nSPS) is 12.6. The first kappa shape index (κ1) is 15.7. The molecular weight excluding hydrogens is 288 g/mol. The third-order valence-electron chi connectivity index (χ3n) is 2.14. The van der Waals surface area contributed by atoms with Crippen molar-refractivity contribution in [1.82, 2.24) is 0 Å². The zero-order valence-electron chi connectivity index (χ0n) is 10.9. The van der Waals surface area contributed by atoms with Crippen LogP contribution in [-0.4, -0.2) is 25.4 Å². The first-order chi connectivity index (χ1) is 8.69. The summed E-state index contributed by atoms with van der Waals surface area (Å²) in [7, 11) is -2.46. The molecule has 0 radical (unpaired) electrons. The molecule has 0 aliphatic heterocycles. The fraction of sp³-hybridized carbons (Fsp3) is 0.385. The summed E-state index contributed by atoms with van der Waals surface area (Å²) < 4.78 is 26.9. The third-order valence-corrected chi connectivity index (χ3v) is 2.88. The van der Waals surface area contributed by atoms with Gasteiger partial charge < -0.3 is 4.74 Å². The summed E-state index contributed by atoms with van der Waals surface area (Å²) in [4.78, 5) is 12.0. The number of hydrogen-bond acceptors (Lipinski definition) is 4. The van der Waals surface area contributed by atoms with E-state index in [2.05, 4.69) is 0 Å². The lowest BCUT2D eigenvalue weighted by atomic mass is 10.0. The molecule has 1 atom stereocenters. The highest BCUT2D eigenvalue weighted by Crippen LogP contribution is 2.21. The highest BCUT2D eigenvalue weighted by Gasteiger charge is 2.25. The van der Waals surface area contributed by atoms with Gasteiger partial charge in [-0.2, -0.15) is 8.42 Å². The minimum absolute atomic E-state index is 0.509. The van der Waals surface area contributed by atoms with E-state index in [4.69, 9.17) is 16.3 Å². The zero-order valence-corrected chi connectivity index (χ0v) is 12.5. The van der Waals surface area contributed by atoms with Crippen molar-refractivity contribution >= 4 is 33.2 Å². The van der Waals surface area contributed by atoms with Crippen LogP contribution < -0.4 is 0 Å². The molecule has 1 unspecified atom stereocenters. The van der Waals surface area contributed by atoms with Crippen molar-refractivity contribution in [3.8, 4) is 0 Å². The minimum Gasteiger partial charge on any atom is -0.459 e. The summed E-state index contributed by atoms with van der Waals surface area (Å²) in [5, 5.41) is 1.42. The van der Waals surface area contributed by atoms with E-state index in [-0.39, 0.29) is 0 Å². The number of benzene rings is 1. The summed E-state index contributed by atoms with van der Waals surface area (Å²) in [5.74, 6) is -1.58. The van der Waals surface area contributed by atoms with Crippen molar-refractivity contribution in [1.29, 1.82) is 0 Å². The summed E-state index contributed by atoms with van der Waals surface area (Å²) in [5.41, 5.74) is -0.164. The maximum atomic E-state index is 12.0. The van der Waals surface area contributed by atoms with Crippen LogP contribution in [0.4, 0.5) is 0 Å². The summed E-state index contributed by atoms with van der Waals surface area (Å²) in [6.45, 7) is 5.16. The van der Waals surface area contributed by atoms with Gasteiger partial charge in [0, 0.05) is 5.02 Å². The van der Waals surface area contributed by atoms with E-state index in [1.165, 1.54) is 0 Å². The van der Waals surface area contributed by atoms with Crippen LogP contribution in [-0.2, 0) is 19.8 Å². The average molecular weight is 303 g/mol. The fourth-order valence-corrected chi connectivity index (χ4v) is 2.03. The van der Waals surface area contributed by atoms with E-state index in [9.17, 15) is 13.2 Å². The Kier molecular flexibility index (Phi) is 5.14. The van der Waals surface area contributed by atoms with Crippen LogP contribution in [0.25, 0.3) is 0 Å². The molecule has 0 heterocycles. The molecular formula is C13H15ClO4S. The summed E-state index contributed by atoms with van der Waals surface area (Å²) in [6, 6.07) is 6.38. The van der Waals surface area contributed by atoms with Crippen molar-refractivity contribution in [2.24, 2.45) is 0 Å². The molecule has 0 aromatic heterocycles. The number of halogens is 1. The highest BCUT2D eigenvalue weighted by molar-refractivity contribution is 7.71. The van der Waals surface area contributed by atoms with E-state index in [1.807, 2.05) is 0 Å². The van der Waals surface area contributed by atoms with Crippen LogP contribution in [0, 0.1) is 0 Å². The zero-order chi connectivity index (χ0) is 14.6. The molecule has 0 aliphatic rings. The molecule has 0 bridgehead atoms. The molecule has 0 saturated carbocycles. The van der Waals surface area contributed by atoms with E-state index < -0.39 is 27.8 Å². The number of carbonyl (C=O) groups is 1. The molecule has 19 heavy (non-hydrogen) atoms. The number of rotatable bonds is 3. The Labute approximate surface area is 118 Å². The second-order valence-corrected chi connectivity index (χ2v) is 6.19. The molecule has 0 amide bonds. The van der Waals surface area contributed by atoms with Crippen LogP contribution in [0.2, 0.25) is 5.02 Å². The minimum atomic E-state index is -2.46. The van der Waals surface area contributed by atoms with Gasteiger partial charge in [-0.1, -0.05) is 23.7 Å². The Morgan fingerprint density at radius 3 is 2.21 bits per heavy atom. The summed E-state index contributed by atoms with van der Waals surface area (Å²) >= 11 is 5.76. The van der Waals surface area contributed by atoms with Crippen molar-refractivity contribution < 1.29 is 17.9 Å². The van der Waals surface area contributed by atoms with Gasteiger partial charge in [0.25, 0.3) is 0 Å². The van der Waals surface area contributed by atoms with Crippen molar-refractivity contribution in [3.05, 3.63) is 34.9 Å². The monoisotopic (exact) mass is 302 g/mol. The van der Waals surface area contributed by atoms with Crippen molar-refractivity contribution in [2.45, 2.75) is 32.3 Å². The molecule has 0 N–H and O–H groups in total. The fourth-order valence-electron chi connectivity index (χ4n) is 1.42. The third kappa shape index (κ3) is 5.44. The second kappa shape index (κ2) is 6.21. The Balaban J connectivity index is 3.12. The topological polar surface area (TPSA) is 60.4 Å². The molecule has 104 valence electrons. The van der Waals surface area contributed by atoms with Gasteiger partial charge in [0.2, 0.25) is 10.3 Å². The maximum absolute atomic E-state index is 12.0. The first-order valence-electron chi connectivity index (χ1n) is 5.60. The highest BCUT2D eigenvalue weighted by atomic mass is 35.5. The maximum Gasteiger partial charge on any atom is 0.318 e. The van der Waals surface area contributed by atoms with Gasteiger partial charge >= 0.3 is 5.97 Å². The Morgan fingerprint density at radius 1 is 1.26 bits per heavy atom. The quantitative estimate of drug-likeness (QED) is 0.635. The van der Waals surface area contributed by atoms with Crippen molar-refractivity contribution in [2.75, 3.05) is 0 Å². The molecule has 1 aromatic rings. The van der Waals surface area contributed by atoms with Crippen LogP contribution in [0.15, 0.2) is 24.3 Å². The molecule has 1 aromatic carbocycles.